The molecule has 4 saturated carbocycles. The number of Topliss-reactive ketones (excluding diaryl/α,β-unsaturated/α-hetero) is 1. The van der Waals surface area contributed by atoms with Crippen LogP contribution in [0.5, 0.6) is 0 Å². The lowest BCUT2D eigenvalue weighted by molar-refractivity contribution is -0.258. The van der Waals surface area contributed by atoms with E-state index in [0.29, 0.717) is 12.8 Å². The summed E-state index contributed by atoms with van der Waals surface area (Å²) in [4.78, 5) is 13.4. The van der Waals surface area contributed by atoms with Gasteiger partial charge in [0.2, 0.25) is 0 Å². The van der Waals surface area contributed by atoms with Crippen LogP contribution in [0.25, 0.3) is 0 Å². The van der Waals surface area contributed by atoms with Crippen LogP contribution in [-0.4, -0.2) is 94.5 Å². The van der Waals surface area contributed by atoms with Gasteiger partial charge in [0.05, 0.1) is 47.8 Å². The monoisotopic (exact) mass is 514 g/mol. The van der Waals surface area contributed by atoms with E-state index in [1.165, 1.54) is 13.8 Å². The maximum absolute atomic E-state index is 13.4. The van der Waals surface area contributed by atoms with E-state index in [1.807, 2.05) is 13.8 Å². The number of carbonyl (C=O) groups excluding carboxylic acids is 1. The van der Waals surface area contributed by atoms with Crippen molar-refractivity contribution in [3.63, 3.8) is 0 Å². The molecule has 13 atom stereocenters. The highest BCUT2D eigenvalue weighted by Crippen LogP contribution is 2.69. The summed E-state index contributed by atoms with van der Waals surface area (Å²) < 4.78 is 0. The molecule has 1 unspecified atom stereocenters. The summed E-state index contributed by atoms with van der Waals surface area (Å²) in [6, 6.07) is 0. The van der Waals surface area contributed by atoms with Crippen LogP contribution in [0, 0.1) is 34.5 Å². The van der Waals surface area contributed by atoms with E-state index in [-0.39, 0.29) is 44.3 Å². The summed E-state index contributed by atoms with van der Waals surface area (Å²) in [5.74, 6) is -2.18. The third-order valence-electron chi connectivity index (χ3n) is 11.3. The second-order valence-corrected chi connectivity index (χ2v) is 13.6. The molecule has 9 nitrogen and oxygen atoms in total. The molecule has 0 saturated heterocycles. The summed E-state index contributed by atoms with van der Waals surface area (Å²) in [6.45, 7) is 6.21. The highest BCUT2D eigenvalue weighted by Gasteiger charge is 2.73. The van der Waals surface area contributed by atoms with Gasteiger partial charge in [0, 0.05) is 23.7 Å². The minimum atomic E-state index is -1.65. The van der Waals surface area contributed by atoms with Gasteiger partial charge < -0.3 is 40.9 Å². The topological polar surface area (TPSA) is 179 Å². The number of hydrogen-bond donors (Lipinski definition) is 8. The van der Waals surface area contributed by atoms with Gasteiger partial charge in [-0.05, 0) is 76.0 Å². The van der Waals surface area contributed by atoms with Crippen LogP contribution in [0.4, 0.5) is 0 Å². The normalized spacial score (nSPS) is 50.9. The summed E-state index contributed by atoms with van der Waals surface area (Å²) in [5, 5.41) is 86.6. The van der Waals surface area contributed by atoms with E-state index in [0.717, 1.165) is 0 Å². The zero-order chi connectivity index (χ0) is 27.1. The van der Waals surface area contributed by atoms with Crippen molar-refractivity contribution in [1.29, 1.82) is 0 Å². The average Bonchev–Trinajstić information content (AvgIpc) is 3.05. The van der Waals surface area contributed by atoms with Crippen LogP contribution in [0.2, 0.25) is 0 Å². The Morgan fingerprint density at radius 2 is 1.69 bits per heavy atom. The van der Waals surface area contributed by atoms with Gasteiger partial charge in [-0.2, -0.15) is 0 Å². The van der Waals surface area contributed by atoms with Crippen LogP contribution >= 0.6 is 0 Å². The molecule has 0 aromatic carbocycles. The SMILES string of the molecule is C[C@](O)(CO)CC[C@@H](O)[C@](C)(O)[C@H]1CC[C@]2(O)C3CC(=O)[C@@H]4C[C@@H](O)[C@@H](O)C[C@]4(C)[C@@H]3[C@H](O)C[C@]12C. The Kier molecular flexibility index (Phi) is 7.05. The van der Waals surface area contributed by atoms with Crippen LogP contribution in [-0.2, 0) is 4.79 Å². The van der Waals surface area contributed by atoms with Crippen molar-refractivity contribution in [3.8, 4) is 0 Å². The quantitative estimate of drug-likeness (QED) is 0.240. The molecule has 0 heterocycles. The van der Waals surface area contributed by atoms with Gasteiger partial charge in [0.1, 0.15) is 5.78 Å². The molecule has 4 rings (SSSR count). The van der Waals surface area contributed by atoms with Crippen LogP contribution < -0.4 is 0 Å². The Labute approximate surface area is 213 Å². The van der Waals surface area contributed by atoms with E-state index in [4.69, 9.17) is 0 Å². The molecule has 9 heteroatoms. The molecule has 8 N–H and O–H groups in total. The standard InChI is InChI=1S/C27H46O9/c1-23(34,13-28)7-6-21(33)26(4,35)20-5-8-27(36)15-10-16(29)14-9-17(30)18(31)11-24(14,2)22(15)19(32)12-25(20,27)3/h14-15,17-22,28,30-36H,5-13H2,1-4H3/t14-,15?,17+,18-,19+,20-,21+,22-,23+,24-,25+,26+,27-/m0/s1. The number of rotatable bonds is 6. The van der Waals surface area contributed by atoms with E-state index >= 15 is 0 Å². The lowest BCUT2D eigenvalue weighted by atomic mass is 9.41. The zero-order valence-corrected chi connectivity index (χ0v) is 22.0. The fourth-order valence-electron chi connectivity index (χ4n) is 9.13. The van der Waals surface area contributed by atoms with Crippen molar-refractivity contribution in [2.45, 2.75) is 120 Å². The molecule has 36 heavy (non-hydrogen) atoms. The Morgan fingerprint density at radius 1 is 1.06 bits per heavy atom. The average molecular weight is 515 g/mol. The molecule has 0 amide bonds. The van der Waals surface area contributed by atoms with E-state index in [2.05, 4.69) is 0 Å². The maximum Gasteiger partial charge on any atom is 0.137 e. The first kappa shape index (κ1) is 28.4. The number of ketones is 1. The molecule has 0 bridgehead atoms. The number of hydrogen-bond acceptors (Lipinski definition) is 9. The van der Waals surface area contributed by atoms with Gasteiger partial charge in [-0.1, -0.05) is 13.8 Å². The third kappa shape index (κ3) is 4.01. The van der Waals surface area contributed by atoms with Gasteiger partial charge in [0.15, 0.2) is 0 Å². The lowest BCUT2D eigenvalue weighted by Gasteiger charge is -2.65. The van der Waals surface area contributed by atoms with Crippen molar-refractivity contribution in [2.75, 3.05) is 6.61 Å². The fourth-order valence-corrected chi connectivity index (χ4v) is 9.13. The first-order valence-electron chi connectivity index (χ1n) is 13.5. The van der Waals surface area contributed by atoms with E-state index in [1.54, 1.807) is 0 Å². The second-order valence-electron chi connectivity index (χ2n) is 13.6. The Balaban J connectivity index is 1.65. The second kappa shape index (κ2) is 8.95. The van der Waals surface area contributed by atoms with Crippen molar-refractivity contribution >= 4 is 5.78 Å². The van der Waals surface area contributed by atoms with E-state index in [9.17, 15) is 45.6 Å². The minimum Gasteiger partial charge on any atom is -0.393 e. The molecule has 0 aliphatic heterocycles. The Hall–Kier alpha value is -0.650. The molecule has 0 spiro atoms. The third-order valence-corrected chi connectivity index (χ3v) is 11.3. The molecule has 0 aromatic rings. The van der Waals surface area contributed by atoms with Crippen LogP contribution in [0.15, 0.2) is 0 Å². The van der Waals surface area contributed by atoms with Gasteiger partial charge in [-0.15, -0.1) is 0 Å². The summed E-state index contributed by atoms with van der Waals surface area (Å²) in [6.07, 6.45) is -2.78. The van der Waals surface area contributed by atoms with Crippen molar-refractivity contribution in [3.05, 3.63) is 0 Å². The molecule has 4 aliphatic carbocycles. The fraction of sp³-hybridized carbons (Fsp3) is 0.963. The summed E-state index contributed by atoms with van der Waals surface area (Å²) >= 11 is 0. The van der Waals surface area contributed by atoms with Crippen molar-refractivity contribution in [2.24, 2.45) is 34.5 Å². The lowest BCUT2D eigenvalue weighted by Crippen LogP contribution is -2.70. The van der Waals surface area contributed by atoms with Gasteiger partial charge in [0.25, 0.3) is 0 Å². The molecule has 4 fully saturated rings. The van der Waals surface area contributed by atoms with Crippen molar-refractivity contribution in [1.82, 2.24) is 0 Å². The Morgan fingerprint density at radius 3 is 2.31 bits per heavy atom. The van der Waals surface area contributed by atoms with Gasteiger partial charge >= 0.3 is 0 Å². The molecular weight excluding hydrogens is 468 g/mol. The molecule has 208 valence electrons. The first-order chi connectivity index (χ1) is 16.4. The van der Waals surface area contributed by atoms with Crippen LogP contribution in [0.3, 0.4) is 0 Å². The summed E-state index contributed by atoms with van der Waals surface area (Å²) in [7, 11) is 0. The highest BCUT2D eigenvalue weighted by molar-refractivity contribution is 5.83. The summed E-state index contributed by atoms with van der Waals surface area (Å²) in [5.41, 5.74) is -6.17. The molecule has 4 aliphatic rings. The maximum atomic E-state index is 13.4. The van der Waals surface area contributed by atoms with Gasteiger partial charge in [-0.25, -0.2) is 0 Å². The molecule has 0 aromatic heterocycles. The van der Waals surface area contributed by atoms with Crippen LogP contribution in [0.1, 0.15) is 79.1 Å². The Bertz CT molecular complexity index is 860. The number of fused-ring (bicyclic) bond motifs is 5. The number of aliphatic hydroxyl groups excluding tert-OH is 5. The first-order valence-corrected chi connectivity index (χ1v) is 13.5. The minimum absolute atomic E-state index is 0.0403. The van der Waals surface area contributed by atoms with E-state index < -0.39 is 82.3 Å². The smallest absolute Gasteiger partial charge is 0.137 e. The largest absolute Gasteiger partial charge is 0.393 e. The highest BCUT2D eigenvalue weighted by atomic mass is 16.3. The predicted molar refractivity (Wildman–Crippen MR) is 129 cm³/mol. The van der Waals surface area contributed by atoms with Gasteiger partial charge in [-0.3, -0.25) is 4.79 Å². The zero-order valence-electron chi connectivity index (χ0n) is 22.0. The molecule has 0 radical (unpaired) electrons. The predicted octanol–water partition coefficient (Wildman–Crippen LogP) is -0.123. The number of aliphatic hydroxyl groups is 8. The van der Waals surface area contributed by atoms with Crippen molar-refractivity contribution < 1.29 is 45.6 Å². The molecular formula is C27H46O9. The number of carbonyl (C=O) groups is 1.